The molecule has 2 heterocycles. The average Bonchev–Trinajstić information content (AvgIpc) is 2.79. The highest BCUT2D eigenvalue weighted by molar-refractivity contribution is 9.10. The zero-order chi connectivity index (χ0) is 13.7. The molecule has 0 spiro atoms. The van der Waals surface area contributed by atoms with Crippen LogP contribution in [0.5, 0.6) is 0 Å². The van der Waals surface area contributed by atoms with Crippen molar-refractivity contribution >= 4 is 27.7 Å². The zero-order valence-electron chi connectivity index (χ0n) is 10.9. The van der Waals surface area contributed by atoms with Crippen molar-refractivity contribution in [2.45, 2.75) is 13.3 Å². The van der Waals surface area contributed by atoms with Crippen molar-refractivity contribution < 1.29 is 0 Å². The molecule has 19 heavy (non-hydrogen) atoms. The maximum atomic E-state index is 4.37. The molecule has 102 valence electrons. The molecule has 0 aromatic carbocycles. The second-order valence-corrected chi connectivity index (χ2v) is 4.79. The maximum Gasteiger partial charge on any atom is 0.224 e. The topological polar surface area (TPSA) is 80.5 Å². The Morgan fingerprint density at radius 3 is 2.84 bits per heavy atom. The van der Waals surface area contributed by atoms with Gasteiger partial charge in [0.1, 0.15) is 12.1 Å². The monoisotopic (exact) mass is 325 g/mol. The Labute approximate surface area is 120 Å². The largest absolute Gasteiger partial charge is 0.369 e. The van der Waals surface area contributed by atoms with E-state index in [1.54, 1.807) is 17.2 Å². The van der Waals surface area contributed by atoms with Crippen LogP contribution in [0.25, 0.3) is 0 Å². The lowest BCUT2D eigenvalue weighted by atomic mass is 10.4. The van der Waals surface area contributed by atoms with E-state index in [1.165, 1.54) is 0 Å². The van der Waals surface area contributed by atoms with Gasteiger partial charge in [-0.05, 0) is 22.9 Å². The molecule has 2 aromatic rings. The first-order chi connectivity index (χ1) is 9.19. The minimum Gasteiger partial charge on any atom is -0.369 e. The summed E-state index contributed by atoms with van der Waals surface area (Å²) in [5.41, 5.74) is 0. The number of halogens is 1. The van der Waals surface area contributed by atoms with Crippen LogP contribution in [-0.2, 0) is 13.5 Å². The molecule has 2 N–H and O–H groups in total. The molecular weight excluding hydrogens is 310 g/mol. The normalized spacial score (nSPS) is 10.5. The van der Waals surface area contributed by atoms with Crippen LogP contribution in [0.1, 0.15) is 12.7 Å². The van der Waals surface area contributed by atoms with Crippen LogP contribution in [0.4, 0.5) is 11.8 Å². The Kier molecular flexibility index (Phi) is 4.67. The zero-order valence-corrected chi connectivity index (χ0v) is 12.5. The van der Waals surface area contributed by atoms with Gasteiger partial charge in [-0.2, -0.15) is 10.1 Å². The lowest BCUT2D eigenvalue weighted by molar-refractivity contribution is 0.741. The van der Waals surface area contributed by atoms with Crippen molar-refractivity contribution in [3.05, 3.63) is 22.8 Å². The summed E-state index contributed by atoms with van der Waals surface area (Å²) in [5.74, 6) is 2.19. The average molecular weight is 326 g/mol. The molecule has 0 saturated heterocycles. The molecule has 8 heteroatoms. The standard InChI is InChI=1S/C11H16BrN7/c1-3-13-11-15-6-8(12)10(17-11)14-5-4-9-16-7-19(2)18-9/h6-7H,3-5H2,1-2H3,(H2,13,14,15,17). The van der Waals surface area contributed by atoms with Gasteiger partial charge in [0.05, 0.1) is 4.47 Å². The van der Waals surface area contributed by atoms with E-state index in [0.29, 0.717) is 12.5 Å². The van der Waals surface area contributed by atoms with E-state index in [2.05, 4.69) is 46.6 Å². The van der Waals surface area contributed by atoms with Crippen molar-refractivity contribution in [3.63, 3.8) is 0 Å². The molecule has 0 aliphatic carbocycles. The molecule has 2 rings (SSSR count). The highest BCUT2D eigenvalue weighted by Crippen LogP contribution is 2.19. The van der Waals surface area contributed by atoms with Crippen molar-refractivity contribution in [1.82, 2.24) is 24.7 Å². The third-order valence-corrected chi connectivity index (χ3v) is 2.95. The number of aryl methyl sites for hydroxylation is 1. The molecule has 0 atom stereocenters. The van der Waals surface area contributed by atoms with Crippen molar-refractivity contribution in [1.29, 1.82) is 0 Å². The van der Waals surface area contributed by atoms with Gasteiger partial charge in [-0.15, -0.1) is 0 Å². The quantitative estimate of drug-likeness (QED) is 0.836. The third kappa shape index (κ3) is 3.88. The molecule has 2 aromatic heterocycles. The predicted molar refractivity (Wildman–Crippen MR) is 77.1 cm³/mol. The van der Waals surface area contributed by atoms with Gasteiger partial charge in [-0.3, -0.25) is 4.68 Å². The molecule has 0 fully saturated rings. The van der Waals surface area contributed by atoms with Crippen LogP contribution in [0, 0.1) is 0 Å². The van der Waals surface area contributed by atoms with E-state index in [0.717, 1.165) is 29.1 Å². The smallest absolute Gasteiger partial charge is 0.224 e. The first kappa shape index (κ1) is 13.7. The van der Waals surface area contributed by atoms with E-state index in [1.807, 2.05) is 14.0 Å². The van der Waals surface area contributed by atoms with Crippen LogP contribution in [0.2, 0.25) is 0 Å². The Morgan fingerprint density at radius 2 is 2.16 bits per heavy atom. The van der Waals surface area contributed by atoms with E-state index < -0.39 is 0 Å². The van der Waals surface area contributed by atoms with Gasteiger partial charge >= 0.3 is 0 Å². The summed E-state index contributed by atoms with van der Waals surface area (Å²) in [5, 5.41) is 10.5. The fourth-order valence-corrected chi connectivity index (χ4v) is 1.86. The summed E-state index contributed by atoms with van der Waals surface area (Å²) in [6, 6.07) is 0. The van der Waals surface area contributed by atoms with Crippen molar-refractivity contribution in [2.24, 2.45) is 7.05 Å². The molecule has 0 bridgehead atoms. The fourth-order valence-electron chi connectivity index (χ4n) is 1.53. The van der Waals surface area contributed by atoms with E-state index in [4.69, 9.17) is 0 Å². The molecule has 0 amide bonds. The Bertz CT molecular complexity index is 540. The van der Waals surface area contributed by atoms with Crippen LogP contribution in [-0.4, -0.2) is 37.8 Å². The molecule has 0 saturated carbocycles. The minimum atomic E-state index is 0.615. The Hall–Kier alpha value is -1.70. The molecule has 0 aliphatic heterocycles. The van der Waals surface area contributed by atoms with E-state index in [-0.39, 0.29) is 0 Å². The van der Waals surface area contributed by atoms with Crippen molar-refractivity contribution in [2.75, 3.05) is 23.7 Å². The third-order valence-electron chi connectivity index (χ3n) is 2.37. The number of aromatic nitrogens is 5. The molecule has 7 nitrogen and oxygen atoms in total. The van der Waals surface area contributed by atoms with Crippen LogP contribution < -0.4 is 10.6 Å². The predicted octanol–water partition coefficient (Wildman–Crippen LogP) is 1.45. The van der Waals surface area contributed by atoms with E-state index >= 15 is 0 Å². The first-order valence-electron chi connectivity index (χ1n) is 6.04. The van der Waals surface area contributed by atoms with Gasteiger partial charge in [0.2, 0.25) is 5.95 Å². The summed E-state index contributed by atoms with van der Waals surface area (Å²) in [7, 11) is 1.85. The van der Waals surface area contributed by atoms with Gasteiger partial charge in [0.25, 0.3) is 0 Å². The van der Waals surface area contributed by atoms with Gasteiger partial charge in [-0.1, -0.05) is 0 Å². The van der Waals surface area contributed by atoms with Gasteiger partial charge < -0.3 is 10.6 Å². The fraction of sp³-hybridized carbons (Fsp3) is 0.455. The maximum absolute atomic E-state index is 4.37. The summed E-state index contributed by atoms with van der Waals surface area (Å²) >= 11 is 3.42. The number of hydrogen-bond acceptors (Lipinski definition) is 6. The van der Waals surface area contributed by atoms with Gasteiger partial charge in [-0.25, -0.2) is 9.97 Å². The summed E-state index contributed by atoms with van der Waals surface area (Å²) in [4.78, 5) is 12.7. The van der Waals surface area contributed by atoms with Gasteiger partial charge in [0, 0.05) is 32.8 Å². The van der Waals surface area contributed by atoms with Crippen molar-refractivity contribution in [3.8, 4) is 0 Å². The van der Waals surface area contributed by atoms with Crippen LogP contribution in [0.3, 0.4) is 0 Å². The Morgan fingerprint density at radius 1 is 1.32 bits per heavy atom. The summed E-state index contributed by atoms with van der Waals surface area (Å²) in [6.45, 7) is 3.51. The number of nitrogens with zero attached hydrogens (tertiary/aromatic N) is 5. The second kappa shape index (κ2) is 6.46. The highest BCUT2D eigenvalue weighted by Gasteiger charge is 2.05. The van der Waals surface area contributed by atoms with Crippen LogP contribution in [0.15, 0.2) is 17.0 Å². The number of hydrogen-bond donors (Lipinski definition) is 2. The molecule has 0 radical (unpaired) electrons. The number of anilines is 2. The Balaban J connectivity index is 1.93. The van der Waals surface area contributed by atoms with Gasteiger partial charge in [0.15, 0.2) is 5.82 Å². The number of nitrogens with one attached hydrogen (secondary N) is 2. The molecule has 0 aliphatic rings. The lowest BCUT2D eigenvalue weighted by Gasteiger charge is -2.08. The summed E-state index contributed by atoms with van der Waals surface area (Å²) < 4.78 is 2.53. The molecule has 0 unspecified atom stereocenters. The summed E-state index contributed by atoms with van der Waals surface area (Å²) in [6.07, 6.45) is 4.17. The first-order valence-corrected chi connectivity index (χ1v) is 6.83. The second-order valence-electron chi connectivity index (χ2n) is 3.93. The lowest BCUT2D eigenvalue weighted by Crippen LogP contribution is -2.10. The van der Waals surface area contributed by atoms with Crippen LogP contribution >= 0.6 is 15.9 Å². The highest BCUT2D eigenvalue weighted by atomic mass is 79.9. The molecular formula is C11H16BrN7. The minimum absolute atomic E-state index is 0.615. The SMILES string of the molecule is CCNc1ncc(Br)c(NCCc2ncn(C)n2)n1. The van der Waals surface area contributed by atoms with E-state index in [9.17, 15) is 0 Å². The number of rotatable bonds is 6.